The smallest absolute Gasteiger partial charge is 0.254 e. The SMILES string of the molecule is O=C(c1ccc(F)cc1I)N1CC[C@@H]2CNC[C@@H]2CC1. The Morgan fingerprint density at radius 1 is 1.25 bits per heavy atom. The summed E-state index contributed by atoms with van der Waals surface area (Å²) in [6.07, 6.45) is 2.14. The normalized spacial score (nSPS) is 26.2. The van der Waals surface area contributed by atoms with E-state index in [0.717, 1.165) is 39.0 Å². The summed E-state index contributed by atoms with van der Waals surface area (Å²) in [4.78, 5) is 14.5. The van der Waals surface area contributed by atoms with Gasteiger partial charge in [0.25, 0.3) is 5.91 Å². The topological polar surface area (TPSA) is 32.3 Å². The fraction of sp³-hybridized carbons (Fsp3) is 0.533. The summed E-state index contributed by atoms with van der Waals surface area (Å²) in [7, 11) is 0. The quantitative estimate of drug-likeness (QED) is 0.750. The fourth-order valence-corrected chi connectivity index (χ4v) is 3.96. The maximum absolute atomic E-state index is 13.1. The lowest BCUT2D eigenvalue weighted by atomic mass is 9.92. The molecule has 2 heterocycles. The van der Waals surface area contributed by atoms with Gasteiger partial charge in [0.15, 0.2) is 0 Å². The van der Waals surface area contributed by atoms with Gasteiger partial charge in [0.2, 0.25) is 0 Å². The lowest BCUT2D eigenvalue weighted by molar-refractivity contribution is 0.0757. The van der Waals surface area contributed by atoms with E-state index in [1.807, 2.05) is 27.5 Å². The number of hydrogen-bond acceptors (Lipinski definition) is 2. The summed E-state index contributed by atoms with van der Waals surface area (Å²) in [5.41, 5.74) is 0.622. The third-order valence-corrected chi connectivity index (χ3v) is 5.36. The van der Waals surface area contributed by atoms with Crippen LogP contribution in [0.25, 0.3) is 0 Å². The standard InChI is InChI=1S/C15H18FIN2O/c16-12-1-2-13(14(17)7-12)15(20)19-5-3-10-8-18-9-11(10)4-6-19/h1-2,7,10-11,18H,3-6,8-9H2/t10-,11+. The summed E-state index contributed by atoms with van der Waals surface area (Å²) < 4.78 is 13.8. The van der Waals surface area contributed by atoms with Crippen LogP contribution in [0.1, 0.15) is 23.2 Å². The van der Waals surface area contributed by atoms with Crippen LogP contribution < -0.4 is 5.32 Å². The lowest BCUT2D eigenvalue weighted by Gasteiger charge is -2.21. The van der Waals surface area contributed by atoms with Crippen LogP contribution in [0.15, 0.2) is 18.2 Å². The molecule has 0 spiro atoms. The monoisotopic (exact) mass is 388 g/mol. The average molecular weight is 388 g/mol. The molecule has 1 N–H and O–H groups in total. The molecule has 1 aromatic carbocycles. The van der Waals surface area contributed by atoms with Crippen molar-refractivity contribution in [1.29, 1.82) is 0 Å². The number of amides is 1. The highest BCUT2D eigenvalue weighted by Gasteiger charge is 2.31. The first-order valence-electron chi connectivity index (χ1n) is 7.10. The Morgan fingerprint density at radius 2 is 1.90 bits per heavy atom. The van der Waals surface area contributed by atoms with Crippen LogP contribution in [0, 0.1) is 21.2 Å². The molecule has 0 bridgehead atoms. The van der Waals surface area contributed by atoms with E-state index in [-0.39, 0.29) is 11.7 Å². The van der Waals surface area contributed by atoms with Crippen molar-refractivity contribution >= 4 is 28.5 Å². The van der Waals surface area contributed by atoms with Crippen molar-refractivity contribution in [2.24, 2.45) is 11.8 Å². The zero-order valence-corrected chi connectivity index (χ0v) is 13.4. The van der Waals surface area contributed by atoms with Crippen LogP contribution >= 0.6 is 22.6 Å². The van der Waals surface area contributed by atoms with Gasteiger partial charge < -0.3 is 10.2 Å². The van der Waals surface area contributed by atoms with Gasteiger partial charge in [-0.2, -0.15) is 0 Å². The van der Waals surface area contributed by atoms with E-state index in [9.17, 15) is 9.18 Å². The number of carbonyl (C=O) groups excluding carboxylic acids is 1. The van der Waals surface area contributed by atoms with Crippen molar-refractivity contribution in [3.8, 4) is 0 Å². The van der Waals surface area contributed by atoms with E-state index in [1.54, 1.807) is 6.07 Å². The number of fused-ring (bicyclic) bond motifs is 1. The number of benzene rings is 1. The maximum Gasteiger partial charge on any atom is 0.254 e. The number of rotatable bonds is 1. The Morgan fingerprint density at radius 3 is 2.50 bits per heavy atom. The molecule has 0 radical (unpaired) electrons. The van der Waals surface area contributed by atoms with Crippen LogP contribution in [0.2, 0.25) is 0 Å². The van der Waals surface area contributed by atoms with Crippen molar-refractivity contribution in [2.45, 2.75) is 12.8 Å². The molecular weight excluding hydrogens is 370 g/mol. The van der Waals surface area contributed by atoms with Gasteiger partial charge in [0.1, 0.15) is 5.82 Å². The molecule has 2 aliphatic heterocycles. The fourth-order valence-electron chi connectivity index (χ4n) is 3.25. The summed E-state index contributed by atoms with van der Waals surface area (Å²) >= 11 is 2.04. The van der Waals surface area contributed by atoms with Gasteiger partial charge in [-0.05, 0) is 78.6 Å². The molecule has 2 atom stereocenters. The number of nitrogens with one attached hydrogen (secondary N) is 1. The van der Waals surface area contributed by atoms with Crippen molar-refractivity contribution in [3.63, 3.8) is 0 Å². The van der Waals surface area contributed by atoms with Crippen molar-refractivity contribution < 1.29 is 9.18 Å². The van der Waals surface area contributed by atoms with E-state index in [1.165, 1.54) is 12.1 Å². The molecule has 108 valence electrons. The second kappa shape index (κ2) is 5.97. The highest BCUT2D eigenvalue weighted by atomic mass is 127. The van der Waals surface area contributed by atoms with Gasteiger partial charge in [-0.3, -0.25) is 4.79 Å². The van der Waals surface area contributed by atoms with Crippen molar-refractivity contribution in [3.05, 3.63) is 33.1 Å². The van der Waals surface area contributed by atoms with E-state index in [2.05, 4.69) is 5.32 Å². The van der Waals surface area contributed by atoms with Gasteiger partial charge in [-0.25, -0.2) is 4.39 Å². The number of nitrogens with zero attached hydrogens (tertiary/aromatic N) is 1. The second-order valence-corrected chi connectivity index (χ2v) is 6.83. The second-order valence-electron chi connectivity index (χ2n) is 5.67. The van der Waals surface area contributed by atoms with E-state index in [4.69, 9.17) is 0 Å². The number of carbonyl (C=O) groups is 1. The number of likely N-dealkylation sites (tertiary alicyclic amines) is 1. The molecule has 2 aliphatic rings. The summed E-state index contributed by atoms with van der Waals surface area (Å²) in [6, 6.07) is 4.39. The van der Waals surface area contributed by atoms with Gasteiger partial charge in [0, 0.05) is 16.7 Å². The number of hydrogen-bond donors (Lipinski definition) is 1. The zero-order chi connectivity index (χ0) is 14.1. The first kappa shape index (κ1) is 14.3. The molecule has 3 rings (SSSR count). The number of halogens is 2. The highest BCUT2D eigenvalue weighted by Crippen LogP contribution is 2.28. The molecule has 5 heteroatoms. The minimum Gasteiger partial charge on any atom is -0.339 e. The lowest BCUT2D eigenvalue weighted by Crippen LogP contribution is -2.33. The van der Waals surface area contributed by atoms with Gasteiger partial charge in [-0.15, -0.1) is 0 Å². The largest absolute Gasteiger partial charge is 0.339 e. The highest BCUT2D eigenvalue weighted by molar-refractivity contribution is 14.1. The molecule has 3 nitrogen and oxygen atoms in total. The van der Waals surface area contributed by atoms with Crippen LogP contribution in [0.5, 0.6) is 0 Å². The Labute approximate surface area is 132 Å². The third-order valence-electron chi connectivity index (χ3n) is 4.47. The van der Waals surface area contributed by atoms with Crippen LogP contribution in [0.3, 0.4) is 0 Å². The van der Waals surface area contributed by atoms with E-state index >= 15 is 0 Å². The predicted octanol–water partition coefficient (Wildman–Crippen LogP) is 2.50. The Hall–Kier alpha value is -0.690. The Bertz CT molecular complexity index is 509. The molecule has 0 aromatic heterocycles. The Balaban J connectivity index is 1.74. The molecule has 1 amide bonds. The van der Waals surface area contributed by atoms with Gasteiger partial charge >= 0.3 is 0 Å². The predicted molar refractivity (Wildman–Crippen MR) is 84.1 cm³/mol. The van der Waals surface area contributed by atoms with Gasteiger partial charge in [-0.1, -0.05) is 0 Å². The Kier molecular flexibility index (Phi) is 4.26. The summed E-state index contributed by atoms with van der Waals surface area (Å²) in [5, 5.41) is 3.44. The van der Waals surface area contributed by atoms with E-state index < -0.39 is 0 Å². The minimum absolute atomic E-state index is 0.0438. The summed E-state index contributed by atoms with van der Waals surface area (Å²) in [6.45, 7) is 3.80. The molecule has 2 saturated heterocycles. The van der Waals surface area contributed by atoms with Gasteiger partial charge in [0.05, 0.1) is 5.56 Å². The van der Waals surface area contributed by atoms with Crippen LogP contribution in [-0.4, -0.2) is 37.0 Å². The zero-order valence-electron chi connectivity index (χ0n) is 11.2. The average Bonchev–Trinajstić information content (AvgIpc) is 2.77. The molecule has 0 saturated carbocycles. The van der Waals surface area contributed by atoms with Crippen molar-refractivity contribution in [2.75, 3.05) is 26.2 Å². The van der Waals surface area contributed by atoms with Crippen LogP contribution in [0.4, 0.5) is 4.39 Å². The first-order valence-corrected chi connectivity index (χ1v) is 8.18. The first-order chi connectivity index (χ1) is 9.65. The molecule has 0 aliphatic carbocycles. The van der Waals surface area contributed by atoms with Crippen molar-refractivity contribution in [1.82, 2.24) is 10.2 Å². The molecule has 20 heavy (non-hydrogen) atoms. The van der Waals surface area contributed by atoms with E-state index in [0.29, 0.717) is 21.0 Å². The van der Waals surface area contributed by atoms with Crippen LogP contribution in [-0.2, 0) is 0 Å². The molecule has 2 fully saturated rings. The molecule has 0 unspecified atom stereocenters. The minimum atomic E-state index is -0.289. The third kappa shape index (κ3) is 2.83. The summed E-state index contributed by atoms with van der Waals surface area (Å²) in [5.74, 6) is 1.17. The maximum atomic E-state index is 13.1. The molecule has 1 aromatic rings. The molecular formula is C15H18FIN2O.